The van der Waals surface area contributed by atoms with Crippen LogP contribution in [0.5, 0.6) is 5.75 Å². The van der Waals surface area contributed by atoms with Crippen molar-refractivity contribution < 1.29 is 9.47 Å². The van der Waals surface area contributed by atoms with Crippen molar-refractivity contribution in [3.05, 3.63) is 47.8 Å². The van der Waals surface area contributed by atoms with Crippen molar-refractivity contribution in [3.8, 4) is 5.75 Å². The molecule has 0 radical (unpaired) electrons. The van der Waals surface area contributed by atoms with E-state index in [9.17, 15) is 0 Å². The molecule has 0 amide bonds. The van der Waals surface area contributed by atoms with Gasteiger partial charge in [0.05, 0.1) is 19.3 Å². The molecule has 0 bridgehead atoms. The van der Waals surface area contributed by atoms with Crippen LogP contribution in [0.4, 0.5) is 0 Å². The Morgan fingerprint density at radius 3 is 2.79 bits per heavy atom. The summed E-state index contributed by atoms with van der Waals surface area (Å²) in [5.74, 6) is 1.74. The van der Waals surface area contributed by atoms with Crippen molar-refractivity contribution in [2.24, 2.45) is 12.0 Å². The van der Waals surface area contributed by atoms with Gasteiger partial charge in [-0.05, 0) is 24.6 Å². The predicted molar refractivity (Wildman–Crippen MR) is 123 cm³/mol. The molecule has 0 unspecified atom stereocenters. The zero-order chi connectivity index (χ0) is 19.5. The maximum atomic E-state index is 5.77. The number of hydrogen-bond donors (Lipinski definition) is 1. The van der Waals surface area contributed by atoms with Crippen LogP contribution in [0.25, 0.3) is 0 Å². The van der Waals surface area contributed by atoms with Crippen LogP contribution in [-0.2, 0) is 24.9 Å². The smallest absolute Gasteiger partial charge is 0.194 e. The molecule has 1 heterocycles. The quantitative estimate of drug-likeness (QED) is 0.235. The molecule has 156 valence electrons. The second-order valence-corrected chi connectivity index (χ2v) is 6.39. The molecule has 8 heteroatoms. The summed E-state index contributed by atoms with van der Waals surface area (Å²) in [6.45, 7) is 5.59. The SMILES string of the molecule is CCNC(=NCc1cccc(OCCCOC)c1)N(C)Cc1cnn(C)c1.I. The Bertz CT molecular complexity index is 720. The summed E-state index contributed by atoms with van der Waals surface area (Å²) in [7, 11) is 5.66. The fraction of sp³-hybridized carbons (Fsp3) is 0.500. The van der Waals surface area contributed by atoms with E-state index in [1.54, 1.807) is 7.11 Å². The Labute approximate surface area is 185 Å². The molecule has 0 saturated heterocycles. The Hall–Kier alpha value is -1.81. The Morgan fingerprint density at radius 2 is 2.11 bits per heavy atom. The van der Waals surface area contributed by atoms with Crippen molar-refractivity contribution >= 4 is 29.9 Å². The first-order valence-electron chi connectivity index (χ1n) is 9.30. The number of nitrogens with zero attached hydrogens (tertiary/aromatic N) is 4. The summed E-state index contributed by atoms with van der Waals surface area (Å²) in [5, 5.41) is 7.57. The van der Waals surface area contributed by atoms with Gasteiger partial charge >= 0.3 is 0 Å². The highest BCUT2D eigenvalue weighted by Gasteiger charge is 2.08. The summed E-state index contributed by atoms with van der Waals surface area (Å²) in [6.07, 6.45) is 4.78. The fourth-order valence-corrected chi connectivity index (χ4v) is 2.67. The number of benzene rings is 1. The Morgan fingerprint density at radius 1 is 1.29 bits per heavy atom. The van der Waals surface area contributed by atoms with Crippen LogP contribution < -0.4 is 10.1 Å². The van der Waals surface area contributed by atoms with E-state index in [-0.39, 0.29) is 24.0 Å². The van der Waals surface area contributed by atoms with Gasteiger partial charge in [-0.15, -0.1) is 24.0 Å². The van der Waals surface area contributed by atoms with Gasteiger partial charge in [0, 0.05) is 59.1 Å². The molecule has 2 aromatic rings. The number of hydrogen-bond acceptors (Lipinski definition) is 4. The fourth-order valence-electron chi connectivity index (χ4n) is 2.67. The standard InChI is InChI=1S/C20H31N5O2.HI/c1-5-21-20(24(2)15-18-14-23-25(3)16-18)22-13-17-8-6-9-19(12-17)27-11-7-10-26-4;/h6,8-9,12,14,16H,5,7,10-11,13,15H2,1-4H3,(H,21,22);1H. The number of rotatable bonds is 10. The average Bonchev–Trinajstić information content (AvgIpc) is 3.07. The number of methoxy groups -OCH3 is 1. The maximum Gasteiger partial charge on any atom is 0.194 e. The first kappa shape index (κ1) is 24.2. The van der Waals surface area contributed by atoms with E-state index in [2.05, 4.69) is 28.3 Å². The van der Waals surface area contributed by atoms with Crippen molar-refractivity contribution in [2.75, 3.05) is 33.9 Å². The van der Waals surface area contributed by atoms with Crippen LogP contribution in [0.15, 0.2) is 41.7 Å². The third-order valence-electron chi connectivity index (χ3n) is 3.95. The molecular weight excluding hydrogens is 469 g/mol. The van der Waals surface area contributed by atoms with Gasteiger partial charge < -0.3 is 19.7 Å². The second-order valence-electron chi connectivity index (χ2n) is 6.39. The van der Waals surface area contributed by atoms with Gasteiger partial charge in [-0.1, -0.05) is 12.1 Å². The average molecular weight is 501 g/mol. The summed E-state index contributed by atoms with van der Waals surface area (Å²) in [4.78, 5) is 6.87. The van der Waals surface area contributed by atoms with E-state index in [1.807, 2.05) is 49.4 Å². The molecule has 1 N–H and O–H groups in total. The van der Waals surface area contributed by atoms with E-state index in [1.165, 1.54) is 0 Å². The second kappa shape index (κ2) is 13.4. The molecule has 0 aliphatic carbocycles. The molecule has 0 saturated carbocycles. The van der Waals surface area contributed by atoms with Crippen molar-refractivity contribution in [1.29, 1.82) is 0 Å². The van der Waals surface area contributed by atoms with Gasteiger partial charge in [0.2, 0.25) is 0 Å². The van der Waals surface area contributed by atoms with Gasteiger partial charge in [-0.25, -0.2) is 4.99 Å². The molecule has 2 rings (SSSR count). The number of ether oxygens (including phenoxy) is 2. The number of guanidine groups is 1. The normalized spacial score (nSPS) is 11.1. The molecule has 0 atom stereocenters. The molecule has 7 nitrogen and oxygen atoms in total. The van der Waals surface area contributed by atoms with Gasteiger partial charge in [0.1, 0.15) is 5.75 Å². The minimum atomic E-state index is 0. The molecular formula is C20H32IN5O2. The van der Waals surface area contributed by atoms with Crippen LogP contribution in [0.1, 0.15) is 24.5 Å². The summed E-state index contributed by atoms with van der Waals surface area (Å²) < 4.78 is 12.6. The monoisotopic (exact) mass is 501 g/mol. The predicted octanol–water partition coefficient (Wildman–Crippen LogP) is 3.05. The van der Waals surface area contributed by atoms with Crippen molar-refractivity contribution in [3.63, 3.8) is 0 Å². The Kier molecular flexibility index (Phi) is 11.6. The highest BCUT2D eigenvalue weighted by molar-refractivity contribution is 14.0. The lowest BCUT2D eigenvalue weighted by atomic mass is 10.2. The molecule has 1 aromatic heterocycles. The molecule has 0 spiro atoms. The van der Waals surface area contributed by atoms with E-state index >= 15 is 0 Å². The molecule has 28 heavy (non-hydrogen) atoms. The van der Waals surface area contributed by atoms with Crippen molar-refractivity contribution in [1.82, 2.24) is 20.0 Å². The van der Waals surface area contributed by atoms with E-state index in [0.29, 0.717) is 19.8 Å². The zero-order valence-electron chi connectivity index (χ0n) is 17.2. The number of nitrogens with one attached hydrogen (secondary N) is 1. The third kappa shape index (κ3) is 8.47. The van der Waals surface area contributed by atoms with Crippen LogP contribution in [0, 0.1) is 0 Å². The van der Waals surface area contributed by atoms with Gasteiger partial charge in [-0.3, -0.25) is 4.68 Å². The van der Waals surface area contributed by atoms with E-state index in [4.69, 9.17) is 14.5 Å². The van der Waals surface area contributed by atoms with Crippen molar-refractivity contribution in [2.45, 2.75) is 26.4 Å². The number of aryl methyl sites for hydroxylation is 1. The first-order chi connectivity index (χ1) is 13.1. The minimum Gasteiger partial charge on any atom is -0.493 e. The van der Waals surface area contributed by atoms with Crippen LogP contribution in [0.2, 0.25) is 0 Å². The molecule has 0 fully saturated rings. The maximum absolute atomic E-state index is 5.77. The van der Waals surface area contributed by atoms with Gasteiger partial charge in [0.15, 0.2) is 5.96 Å². The lowest BCUT2D eigenvalue weighted by molar-refractivity contribution is 0.172. The highest BCUT2D eigenvalue weighted by atomic mass is 127. The number of aromatic nitrogens is 2. The highest BCUT2D eigenvalue weighted by Crippen LogP contribution is 2.14. The summed E-state index contributed by atoms with van der Waals surface area (Å²) >= 11 is 0. The number of halogens is 1. The molecule has 0 aliphatic rings. The molecule has 1 aromatic carbocycles. The van der Waals surface area contributed by atoms with E-state index < -0.39 is 0 Å². The van der Waals surface area contributed by atoms with Crippen LogP contribution >= 0.6 is 24.0 Å². The minimum absolute atomic E-state index is 0. The van der Waals surface area contributed by atoms with Crippen LogP contribution in [-0.4, -0.2) is 54.6 Å². The summed E-state index contributed by atoms with van der Waals surface area (Å²) in [5.41, 5.74) is 2.27. The van der Waals surface area contributed by atoms with Gasteiger partial charge in [-0.2, -0.15) is 5.10 Å². The van der Waals surface area contributed by atoms with Crippen LogP contribution in [0.3, 0.4) is 0 Å². The zero-order valence-corrected chi connectivity index (χ0v) is 19.6. The number of aliphatic imine (C=N–C) groups is 1. The topological polar surface area (TPSA) is 63.9 Å². The first-order valence-corrected chi connectivity index (χ1v) is 9.30. The Balaban J connectivity index is 0.00000392. The van der Waals surface area contributed by atoms with E-state index in [0.717, 1.165) is 42.3 Å². The third-order valence-corrected chi connectivity index (χ3v) is 3.95. The molecule has 0 aliphatic heterocycles. The van der Waals surface area contributed by atoms with Gasteiger partial charge in [0.25, 0.3) is 0 Å². The lowest BCUT2D eigenvalue weighted by Crippen LogP contribution is -2.38. The largest absolute Gasteiger partial charge is 0.493 e. The lowest BCUT2D eigenvalue weighted by Gasteiger charge is -2.21. The summed E-state index contributed by atoms with van der Waals surface area (Å²) in [6, 6.07) is 8.08.